The van der Waals surface area contributed by atoms with Crippen molar-refractivity contribution in [1.29, 1.82) is 0 Å². The van der Waals surface area contributed by atoms with Gasteiger partial charge in [0.25, 0.3) is 0 Å². The summed E-state index contributed by atoms with van der Waals surface area (Å²) in [5.41, 5.74) is 4.78. The normalized spacial score (nSPS) is 18.3. The molecule has 1 rings (SSSR count). The number of carbonyl (C=O) groups is 1. The number of aliphatic hydroxyl groups is 1. The second-order valence-electron chi connectivity index (χ2n) is 5.28. The fourth-order valence-corrected chi connectivity index (χ4v) is 2.51. The SMILES string of the molecule is CN(CC1(O)CCCC1)C(=O)CCCCCN. The van der Waals surface area contributed by atoms with Crippen LogP contribution in [0.4, 0.5) is 0 Å². The van der Waals surface area contributed by atoms with Crippen molar-refractivity contribution in [2.24, 2.45) is 5.73 Å². The maximum Gasteiger partial charge on any atom is 0.222 e. The Morgan fingerprint density at radius 3 is 2.53 bits per heavy atom. The molecule has 0 atom stereocenters. The van der Waals surface area contributed by atoms with Gasteiger partial charge >= 0.3 is 0 Å². The Labute approximate surface area is 104 Å². The molecular formula is C13H26N2O2. The number of nitrogens with zero attached hydrogens (tertiary/aromatic N) is 1. The molecule has 4 nitrogen and oxygen atoms in total. The van der Waals surface area contributed by atoms with Crippen molar-refractivity contribution in [3.63, 3.8) is 0 Å². The summed E-state index contributed by atoms with van der Waals surface area (Å²) < 4.78 is 0. The van der Waals surface area contributed by atoms with E-state index in [0.29, 0.717) is 19.5 Å². The molecule has 0 bridgehead atoms. The Morgan fingerprint density at radius 1 is 1.29 bits per heavy atom. The van der Waals surface area contributed by atoms with Crippen LogP contribution in [0.5, 0.6) is 0 Å². The van der Waals surface area contributed by atoms with Crippen molar-refractivity contribution in [2.75, 3.05) is 20.1 Å². The molecule has 0 saturated heterocycles. The molecule has 1 saturated carbocycles. The van der Waals surface area contributed by atoms with E-state index in [1.165, 1.54) is 0 Å². The Bertz CT molecular complexity index is 238. The van der Waals surface area contributed by atoms with Crippen LogP contribution in [-0.2, 0) is 4.79 Å². The maximum atomic E-state index is 11.8. The predicted molar refractivity (Wildman–Crippen MR) is 68.6 cm³/mol. The van der Waals surface area contributed by atoms with Gasteiger partial charge in [0.15, 0.2) is 0 Å². The number of likely N-dealkylation sites (N-methyl/N-ethyl adjacent to an activating group) is 1. The summed E-state index contributed by atoms with van der Waals surface area (Å²) in [5.74, 6) is 0.141. The molecule has 0 heterocycles. The number of unbranched alkanes of at least 4 members (excludes halogenated alkanes) is 2. The summed E-state index contributed by atoms with van der Waals surface area (Å²) in [6.07, 6.45) is 7.30. The molecule has 0 aromatic heterocycles. The summed E-state index contributed by atoms with van der Waals surface area (Å²) in [6.45, 7) is 1.19. The number of hydrogen-bond donors (Lipinski definition) is 2. The largest absolute Gasteiger partial charge is 0.388 e. The van der Waals surface area contributed by atoms with Gasteiger partial charge in [0, 0.05) is 20.0 Å². The highest BCUT2D eigenvalue weighted by atomic mass is 16.3. The van der Waals surface area contributed by atoms with Crippen LogP contribution in [0.25, 0.3) is 0 Å². The van der Waals surface area contributed by atoms with Crippen LogP contribution in [0.3, 0.4) is 0 Å². The highest BCUT2D eigenvalue weighted by molar-refractivity contribution is 5.75. The van der Waals surface area contributed by atoms with E-state index in [1.54, 1.807) is 11.9 Å². The number of carbonyl (C=O) groups excluding carboxylic acids is 1. The third kappa shape index (κ3) is 5.04. The molecule has 1 amide bonds. The minimum Gasteiger partial charge on any atom is -0.388 e. The fourth-order valence-electron chi connectivity index (χ4n) is 2.51. The van der Waals surface area contributed by atoms with Crippen LogP contribution in [0.2, 0.25) is 0 Å². The first kappa shape index (κ1) is 14.5. The summed E-state index contributed by atoms with van der Waals surface area (Å²) in [4.78, 5) is 13.5. The highest BCUT2D eigenvalue weighted by Crippen LogP contribution is 2.30. The summed E-state index contributed by atoms with van der Waals surface area (Å²) in [5, 5.41) is 10.2. The van der Waals surface area contributed by atoms with Gasteiger partial charge in [-0.05, 0) is 32.2 Å². The third-order valence-corrected chi connectivity index (χ3v) is 3.59. The highest BCUT2D eigenvalue weighted by Gasteiger charge is 2.33. The maximum absolute atomic E-state index is 11.8. The molecule has 0 aromatic rings. The van der Waals surface area contributed by atoms with Gasteiger partial charge < -0.3 is 15.7 Å². The third-order valence-electron chi connectivity index (χ3n) is 3.59. The second-order valence-corrected chi connectivity index (χ2v) is 5.28. The fraction of sp³-hybridized carbons (Fsp3) is 0.923. The van der Waals surface area contributed by atoms with Crippen molar-refractivity contribution in [3.05, 3.63) is 0 Å². The Hall–Kier alpha value is -0.610. The van der Waals surface area contributed by atoms with Crippen molar-refractivity contribution in [3.8, 4) is 0 Å². The van der Waals surface area contributed by atoms with Crippen molar-refractivity contribution in [2.45, 2.75) is 57.0 Å². The van der Waals surface area contributed by atoms with Gasteiger partial charge in [-0.15, -0.1) is 0 Å². The zero-order chi connectivity index (χ0) is 12.7. The summed E-state index contributed by atoms with van der Waals surface area (Å²) in [7, 11) is 1.79. The van der Waals surface area contributed by atoms with Gasteiger partial charge in [-0.3, -0.25) is 4.79 Å². The van der Waals surface area contributed by atoms with Crippen LogP contribution < -0.4 is 5.73 Å². The smallest absolute Gasteiger partial charge is 0.222 e. The number of amides is 1. The molecule has 0 radical (unpaired) electrons. The van der Waals surface area contributed by atoms with Crippen molar-refractivity contribution in [1.82, 2.24) is 4.90 Å². The molecule has 1 aliphatic carbocycles. The minimum absolute atomic E-state index is 0.141. The van der Waals surface area contributed by atoms with Gasteiger partial charge in [-0.2, -0.15) is 0 Å². The Morgan fingerprint density at radius 2 is 1.94 bits per heavy atom. The van der Waals surface area contributed by atoms with E-state index in [4.69, 9.17) is 5.73 Å². The molecule has 0 spiro atoms. The molecule has 17 heavy (non-hydrogen) atoms. The van der Waals surface area contributed by atoms with E-state index in [-0.39, 0.29) is 5.91 Å². The van der Waals surface area contributed by atoms with Gasteiger partial charge in [0.2, 0.25) is 5.91 Å². The molecule has 0 aliphatic heterocycles. The van der Waals surface area contributed by atoms with Crippen LogP contribution >= 0.6 is 0 Å². The molecule has 0 unspecified atom stereocenters. The second kappa shape index (κ2) is 6.97. The molecule has 1 fully saturated rings. The van der Waals surface area contributed by atoms with Crippen molar-refractivity contribution < 1.29 is 9.90 Å². The van der Waals surface area contributed by atoms with E-state index >= 15 is 0 Å². The molecule has 100 valence electrons. The van der Waals surface area contributed by atoms with Gasteiger partial charge in [0.1, 0.15) is 0 Å². The van der Waals surface area contributed by atoms with Crippen LogP contribution in [0.1, 0.15) is 51.4 Å². The monoisotopic (exact) mass is 242 g/mol. The first-order valence-corrected chi connectivity index (χ1v) is 6.74. The summed E-state index contributed by atoms with van der Waals surface area (Å²) >= 11 is 0. The molecule has 3 N–H and O–H groups in total. The first-order valence-electron chi connectivity index (χ1n) is 6.74. The van der Waals surface area contributed by atoms with E-state index in [9.17, 15) is 9.90 Å². The number of rotatable bonds is 7. The molecular weight excluding hydrogens is 216 g/mol. The van der Waals surface area contributed by atoms with E-state index < -0.39 is 5.60 Å². The Balaban J connectivity index is 2.22. The molecule has 0 aromatic carbocycles. The van der Waals surface area contributed by atoms with Crippen LogP contribution in [0, 0.1) is 0 Å². The van der Waals surface area contributed by atoms with Crippen LogP contribution in [0.15, 0.2) is 0 Å². The van der Waals surface area contributed by atoms with Gasteiger partial charge in [-0.25, -0.2) is 0 Å². The lowest BCUT2D eigenvalue weighted by molar-refractivity contribution is -0.133. The van der Waals surface area contributed by atoms with E-state index in [2.05, 4.69) is 0 Å². The molecule has 4 heteroatoms. The average Bonchev–Trinajstić information content (AvgIpc) is 2.70. The minimum atomic E-state index is -0.623. The summed E-state index contributed by atoms with van der Waals surface area (Å²) in [6, 6.07) is 0. The van der Waals surface area contributed by atoms with Crippen LogP contribution in [-0.4, -0.2) is 41.7 Å². The molecule has 1 aliphatic rings. The quantitative estimate of drug-likeness (QED) is 0.661. The average molecular weight is 242 g/mol. The van der Waals surface area contributed by atoms with Gasteiger partial charge in [-0.1, -0.05) is 19.3 Å². The zero-order valence-corrected chi connectivity index (χ0v) is 11.0. The standard InChI is InChI=1S/C13H26N2O2/c1-15(11-13(17)8-4-5-9-13)12(16)7-3-2-6-10-14/h17H,2-11,14H2,1H3. The lowest BCUT2D eigenvalue weighted by atomic mass is 10.0. The number of nitrogens with two attached hydrogens (primary N) is 1. The lowest BCUT2D eigenvalue weighted by Gasteiger charge is -2.28. The Kier molecular flexibility index (Phi) is 5.92. The lowest BCUT2D eigenvalue weighted by Crippen LogP contribution is -2.41. The topological polar surface area (TPSA) is 66.6 Å². The first-order chi connectivity index (χ1) is 8.07. The van der Waals surface area contributed by atoms with E-state index in [0.717, 1.165) is 44.9 Å². The number of hydrogen-bond acceptors (Lipinski definition) is 3. The predicted octanol–water partition coefficient (Wildman–Crippen LogP) is 1.27. The zero-order valence-electron chi connectivity index (χ0n) is 11.0. The van der Waals surface area contributed by atoms with Gasteiger partial charge in [0.05, 0.1) is 5.60 Å². The van der Waals surface area contributed by atoms with Crippen molar-refractivity contribution >= 4 is 5.91 Å². The van der Waals surface area contributed by atoms with E-state index in [1.807, 2.05) is 0 Å².